The maximum atomic E-state index is 13.2. The van der Waals surface area contributed by atoms with Gasteiger partial charge in [-0.15, -0.1) is 6.58 Å². The molecule has 1 heterocycles. The first-order valence-electron chi connectivity index (χ1n) is 11.2. The fourth-order valence-corrected chi connectivity index (χ4v) is 4.35. The molecule has 1 fully saturated rings. The molecule has 1 aliphatic carbocycles. The largest absolute Gasteiger partial charge is 0.346 e. The zero-order chi connectivity index (χ0) is 23.0. The molecule has 0 aromatic rings. The number of nitrogens with two attached hydrogens (primary N) is 1. The summed E-state index contributed by atoms with van der Waals surface area (Å²) in [6.45, 7) is 7.88. The molecule has 0 aromatic heterocycles. The lowest BCUT2D eigenvalue weighted by molar-refractivity contribution is -0.143. The second-order valence-electron chi connectivity index (χ2n) is 8.77. The Bertz CT molecular complexity index is 727. The lowest BCUT2D eigenvalue weighted by Crippen LogP contribution is -2.58. The number of carbonyl (C=O) groups is 4. The smallest absolute Gasteiger partial charge is 0.289 e. The minimum absolute atomic E-state index is 0.168. The summed E-state index contributed by atoms with van der Waals surface area (Å²) in [6, 6.07) is -2.47. The Balaban J connectivity index is 2.07. The van der Waals surface area contributed by atoms with Gasteiger partial charge in [-0.2, -0.15) is 0 Å². The summed E-state index contributed by atoms with van der Waals surface area (Å²) < 4.78 is 0. The summed E-state index contributed by atoms with van der Waals surface area (Å²) in [7, 11) is 0. The van der Waals surface area contributed by atoms with Gasteiger partial charge in [-0.25, -0.2) is 0 Å². The third kappa shape index (κ3) is 6.03. The Morgan fingerprint density at radius 3 is 2.55 bits per heavy atom. The Morgan fingerprint density at radius 1 is 1.26 bits per heavy atom. The molecule has 8 nitrogen and oxygen atoms in total. The zero-order valence-corrected chi connectivity index (χ0v) is 18.7. The summed E-state index contributed by atoms with van der Waals surface area (Å²) in [5.41, 5.74) is 6.11. The molecule has 0 saturated heterocycles. The fraction of sp³-hybridized carbons (Fsp3) is 0.652. The van der Waals surface area contributed by atoms with Crippen molar-refractivity contribution in [3.05, 3.63) is 24.8 Å². The van der Waals surface area contributed by atoms with E-state index in [-0.39, 0.29) is 17.9 Å². The van der Waals surface area contributed by atoms with Crippen LogP contribution >= 0.6 is 0 Å². The fourth-order valence-electron chi connectivity index (χ4n) is 4.35. The highest BCUT2D eigenvalue weighted by molar-refractivity contribution is 6.38. The maximum absolute atomic E-state index is 13.2. The summed E-state index contributed by atoms with van der Waals surface area (Å²) >= 11 is 0. The van der Waals surface area contributed by atoms with E-state index in [0.29, 0.717) is 19.4 Å². The van der Waals surface area contributed by atoms with Gasteiger partial charge in [-0.1, -0.05) is 57.8 Å². The van der Waals surface area contributed by atoms with Crippen LogP contribution in [-0.4, -0.2) is 59.6 Å². The highest BCUT2D eigenvalue weighted by atomic mass is 16.2. The van der Waals surface area contributed by atoms with Gasteiger partial charge in [0.25, 0.3) is 5.91 Å². The van der Waals surface area contributed by atoms with Gasteiger partial charge in [0, 0.05) is 13.1 Å². The summed E-state index contributed by atoms with van der Waals surface area (Å²) in [5, 5.41) is 5.11. The molecular weight excluding hydrogens is 396 g/mol. The number of hydrogen-bond donors (Lipinski definition) is 3. The van der Waals surface area contributed by atoms with E-state index in [4.69, 9.17) is 5.73 Å². The Hall–Kier alpha value is -2.48. The summed E-state index contributed by atoms with van der Waals surface area (Å²) in [5.74, 6) is -2.20. The van der Waals surface area contributed by atoms with E-state index >= 15 is 0 Å². The van der Waals surface area contributed by atoms with Gasteiger partial charge in [0.05, 0.1) is 12.1 Å². The van der Waals surface area contributed by atoms with Gasteiger partial charge in [-0.05, 0) is 24.7 Å². The molecule has 4 N–H and O–H groups in total. The zero-order valence-electron chi connectivity index (χ0n) is 18.7. The van der Waals surface area contributed by atoms with Crippen LogP contribution in [0.15, 0.2) is 24.8 Å². The number of hydrogen-bond acceptors (Lipinski definition) is 5. The van der Waals surface area contributed by atoms with E-state index in [1.165, 1.54) is 11.0 Å². The van der Waals surface area contributed by atoms with E-state index in [0.717, 1.165) is 32.1 Å². The van der Waals surface area contributed by atoms with Gasteiger partial charge in [0.2, 0.25) is 17.6 Å². The first kappa shape index (κ1) is 24.8. The summed E-state index contributed by atoms with van der Waals surface area (Å²) in [6.07, 6.45) is 10.9. The summed E-state index contributed by atoms with van der Waals surface area (Å²) in [4.78, 5) is 52.1. The molecule has 3 atom stereocenters. The SMILES string of the molecule is C=CCNC(=O)C(=O)C(CCC)NC(=O)[C@@H]1C=CCN1C(=O)[C@@H](N)C1(C)CCCCC1. The van der Waals surface area contributed by atoms with Gasteiger partial charge in [-0.3, -0.25) is 19.2 Å². The molecular formula is C23H36N4O4. The predicted octanol–water partition coefficient (Wildman–Crippen LogP) is 1.21. The average molecular weight is 433 g/mol. The van der Waals surface area contributed by atoms with Gasteiger partial charge < -0.3 is 21.3 Å². The minimum atomic E-state index is -0.946. The van der Waals surface area contributed by atoms with E-state index in [9.17, 15) is 19.2 Å². The quantitative estimate of drug-likeness (QED) is 0.354. The van der Waals surface area contributed by atoms with Gasteiger partial charge in [0.1, 0.15) is 6.04 Å². The predicted molar refractivity (Wildman–Crippen MR) is 119 cm³/mol. The van der Waals surface area contributed by atoms with Crippen molar-refractivity contribution in [1.29, 1.82) is 0 Å². The molecule has 1 unspecified atom stereocenters. The molecule has 3 amide bonds. The molecule has 2 rings (SSSR count). The highest BCUT2D eigenvalue weighted by Gasteiger charge is 2.42. The molecule has 1 aliphatic heterocycles. The number of carbonyl (C=O) groups excluding carboxylic acids is 4. The monoisotopic (exact) mass is 432 g/mol. The highest BCUT2D eigenvalue weighted by Crippen LogP contribution is 2.38. The molecule has 0 aromatic carbocycles. The van der Waals surface area contributed by atoms with Crippen molar-refractivity contribution >= 4 is 23.5 Å². The lowest BCUT2D eigenvalue weighted by atomic mass is 9.70. The lowest BCUT2D eigenvalue weighted by Gasteiger charge is -2.40. The second-order valence-corrected chi connectivity index (χ2v) is 8.77. The van der Waals surface area contributed by atoms with Crippen LogP contribution in [0.3, 0.4) is 0 Å². The van der Waals surface area contributed by atoms with Crippen LogP contribution in [0.1, 0.15) is 58.8 Å². The molecule has 31 heavy (non-hydrogen) atoms. The Labute approximate surface area is 184 Å². The third-order valence-corrected chi connectivity index (χ3v) is 6.36. The average Bonchev–Trinajstić information content (AvgIpc) is 3.26. The Kier molecular flexibility index (Phi) is 8.98. The molecule has 0 spiro atoms. The van der Waals surface area contributed by atoms with E-state index in [2.05, 4.69) is 17.2 Å². The van der Waals surface area contributed by atoms with Gasteiger partial charge >= 0.3 is 0 Å². The van der Waals surface area contributed by atoms with Crippen LogP contribution in [0.2, 0.25) is 0 Å². The van der Waals surface area contributed by atoms with Crippen molar-refractivity contribution in [2.75, 3.05) is 13.1 Å². The van der Waals surface area contributed by atoms with Crippen LogP contribution in [0.25, 0.3) is 0 Å². The molecule has 2 aliphatic rings. The van der Waals surface area contributed by atoms with Crippen molar-refractivity contribution in [3.63, 3.8) is 0 Å². The van der Waals surface area contributed by atoms with E-state index in [1.807, 2.05) is 13.8 Å². The second kappa shape index (κ2) is 11.2. The van der Waals surface area contributed by atoms with Crippen LogP contribution in [0.4, 0.5) is 0 Å². The first-order chi connectivity index (χ1) is 14.7. The van der Waals surface area contributed by atoms with Crippen LogP contribution in [0.5, 0.6) is 0 Å². The van der Waals surface area contributed by atoms with Crippen molar-refractivity contribution in [2.45, 2.75) is 76.9 Å². The maximum Gasteiger partial charge on any atom is 0.289 e. The minimum Gasteiger partial charge on any atom is -0.346 e. The number of Topliss-reactive ketones (excluding diaryl/α,β-unsaturated/α-hetero) is 1. The van der Waals surface area contributed by atoms with Crippen molar-refractivity contribution in [3.8, 4) is 0 Å². The number of ketones is 1. The molecule has 172 valence electrons. The molecule has 0 radical (unpaired) electrons. The van der Waals surface area contributed by atoms with E-state index < -0.39 is 35.7 Å². The number of rotatable bonds is 10. The standard InChI is InChI=1S/C23H36N4O4/c1-4-10-16(18(28)21(30)25-14-5-2)26-20(29)17-11-9-15-27(17)22(31)19(24)23(3)12-7-6-8-13-23/h5,9,11,16-17,19H,2,4,6-8,10,12-15,24H2,1,3H3,(H,25,30)(H,26,29)/t16?,17-,19+/m0/s1. The van der Waals surface area contributed by atoms with Gasteiger partial charge in [0.15, 0.2) is 0 Å². The first-order valence-corrected chi connectivity index (χ1v) is 11.2. The molecule has 8 heteroatoms. The normalized spacial score (nSPS) is 21.8. The van der Waals surface area contributed by atoms with E-state index in [1.54, 1.807) is 12.2 Å². The Morgan fingerprint density at radius 2 is 1.94 bits per heavy atom. The number of nitrogens with one attached hydrogen (secondary N) is 2. The number of nitrogens with zero attached hydrogens (tertiary/aromatic N) is 1. The van der Waals surface area contributed by atoms with Crippen LogP contribution in [-0.2, 0) is 19.2 Å². The van der Waals surface area contributed by atoms with Crippen molar-refractivity contribution < 1.29 is 19.2 Å². The van der Waals surface area contributed by atoms with Crippen molar-refractivity contribution in [2.24, 2.45) is 11.1 Å². The van der Waals surface area contributed by atoms with Crippen LogP contribution < -0.4 is 16.4 Å². The number of amides is 3. The third-order valence-electron chi connectivity index (χ3n) is 6.36. The topological polar surface area (TPSA) is 122 Å². The molecule has 1 saturated carbocycles. The molecule has 0 bridgehead atoms. The van der Waals surface area contributed by atoms with Crippen LogP contribution in [0, 0.1) is 5.41 Å². The van der Waals surface area contributed by atoms with Crippen molar-refractivity contribution in [1.82, 2.24) is 15.5 Å².